The Hall–Kier alpha value is -3.06. The van der Waals surface area contributed by atoms with Gasteiger partial charge in [-0.25, -0.2) is 4.85 Å². The van der Waals surface area contributed by atoms with Crippen LogP contribution in [0.2, 0.25) is 5.02 Å². The summed E-state index contributed by atoms with van der Waals surface area (Å²) in [6, 6.07) is 3.40. The minimum absolute atomic E-state index is 0.120. The van der Waals surface area contributed by atoms with Gasteiger partial charge in [0, 0.05) is 10.7 Å². The van der Waals surface area contributed by atoms with Crippen molar-refractivity contribution in [1.29, 1.82) is 5.26 Å². The third-order valence-corrected chi connectivity index (χ3v) is 3.33. The van der Waals surface area contributed by atoms with Crippen LogP contribution in [0.25, 0.3) is 4.85 Å². The van der Waals surface area contributed by atoms with Crippen LogP contribution in [0.3, 0.4) is 0 Å². The van der Waals surface area contributed by atoms with Crippen molar-refractivity contribution in [3.05, 3.63) is 64.4 Å². The van der Waals surface area contributed by atoms with Gasteiger partial charge in [0.05, 0.1) is 23.7 Å². The Morgan fingerprint density at radius 2 is 2.20 bits per heavy atom. The van der Waals surface area contributed by atoms with E-state index in [2.05, 4.69) is 10.2 Å². The van der Waals surface area contributed by atoms with Crippen molar-refractivity contribution in [2.24, 2.45) is 0 Å². The van der Waals surface area contributed by atoms with Crippen molar-refractivity contribution in [1.82, 2.24) is 0 Å². The maximum absolute atomic E-state index is 12.4. The Balaban J connectivity index is 2.20. The molecule has 0 spiro atoms. The molecule has 1 amide bonds. The number of ether oxygens (including phenoxy) is 1. The van der Waals surface area contributed by atoms with E-state index < -0.39 is 53.6 Å². The maximum atomic E-state index is 12.4. The standard InChI is InChI=1S/C18H14ClN3O3/c1-18(24,11-25-14-6-3-12(10-20)4-7-14)17(23)22-13-5-8-16(21-2)15(19)9-13/h3-9,24H,11H2,1H3,(H,22,23)/t18-/m0/s1/i3D,4D,6D,7D. The predicted molar refractivity (Wildman–Crippen MR) is 93.6 cm³/mol. The topological polar surface area (TPSA) is 86.7 Å². The van der Waals surface area contributed by atoms with Crippen LogP contribution < -0.4 is 10.1 Å². The summed E-state index contributed by atoms with van der Waals surface area (Å²) in [6.45, 7) is 7.40. The number of carbonyl (C=O) groups excluding carboxylic acids is 1. The van der Waals surface area contributed by atoms with Gasteiger partial charge in [-0.2, -0.15) is 5.26 Å². The molecule has 126 valence electrons. The van der Waals surface area contributed by atoms with Crippen molar-refractivity contribution < 1.29 is 20.1 Å². The maximum Gasteiger partial charge on any atom is 0.259 e. The summed E-state index contributed by atoms with van der Waals surface area (Å²) >= 11 is 5.91. The number of carbonyl (C=O) groups is 1. The molecule has 0 radical (unpaired) electrons. The highest BCUT2D eigenvalue weighted by molar-refractivity contribution is 6.33. The summed E-state index contributed by atoms with van der Waals surface area (Å²) in [5.74, 6) is -1.37. The van der Waals surface area contributed by atoms with E-state index in [1.807, 2.05) is 0 Å². The Labute approximate surface area is 155 Å². The predicted octanol–water partition coefficient (Wildman–Crippen LogP) is 3.53. The molecule has 0 aliphatic carbocycles. The Bertz CT molecular complexity index is 1050. The number of rotatable bonds is 5. The number of aliphatic hydroxyl groups is 1. The van der Waals surface area contributed by atoms with Crippen LogP contribution in [0.1, 0.15) is 18.0 Å². The number of hydrogen-bond acceptors (Lipinski definition) is 4. The average Bonchev–Trinajstić information content (AvgIpc) is 2.67. The summed E-state index contributed by atoms with van der Waals surface area (Å²) in [4.78, 5) is 15.6. The van der Waals surface area contributed by atoms with E-state index in [0.717, 1.165) is 6.92 Å². The molecule has 0 bridgehead atoms. The molecule has 0 saturated heterocycles. The fraction of sp³-hybridized carbons (Fsp3) is 0.167. The smallest absolute Gasteiger partial charge is 0.259 e. The minimum atomic E-state index is -2.11. The molecule has 0 saturated carbocycles. The lowest BCUT2D eigenvalue weighted by Gasteiger charge is -2.22. The highest BCUT2D eigenvalue weighted by Gasteiger charge is 2.31. The quantitative estimate of drug-likeness (QED) is 0.799. The summed E-state index contributed by atoms with van der Waals surface area (Å²) in [6.07, 6.45) is 0. The highest BCUT2D eigenvalue weighted by atomic mass is 35.5. The monoisotopic (exact) mass is 359 g/mol. The first-order valence-electron chi connectivity index (χ1n) is 8.87. The number of nitriles is 1. The van der Waals surface area contributed by atoms with Crippen LogP contribution in [0, 0.1) is 17.9 Å². The van der Waals surface area contributed by atoms with Crippen LogP contribution >= 0.6 is 11.6 Å². The van der Waals surface area contributed by atoms with Gasteiger partial charge in [0.2, 0.25) is 5.69 Å². The molecule has 6 nitrogen and oxygen atoms in total. The van der Waals surface area contributed by atoms with Crippen molar-refractivity contribution >= 4 is 28.9 Å². The van der Waals surface area contributed by atoms with Gasteiger partial charge in [-0.05, 0) is 43.2 Å². The van der Waals surface area contributed by atoms with Gasteiger partial charge in [0.1, 0.15) is 12.4 Å². The molecule has 0 unspecified atom stereocenters. The van der Waals surface area contributed by atoms with Crippen LogP contribution in [0.4, 0.5) is 11.4 Å². The highest BCUT2D eigenvalue weighted by Crippen LogP contribution is 2.28. The normalized spacial score (nSPS) is 14.6. The van der Waals surface area contributed by atoms with Gasteiger partial charge < -0.3 is 15.2 Å². The number of nitrogens with one attached hydrogen (secondary N) is 1. The SMILES string of the molecule is [2H]c1c([2H])c(OC[C@](C)(O)C(=O)Nc2ccc([N+]#[C-])c(Cl)c2)c([2H])c([2H])c1C#N. The first-order chi connectivity index (χ1) is 13.5. The summed E-state index contributed by atoms with van der Waals surface area (Å²) in [5, 5.41) is 21.9. The second-order valence-electron chi connectivity index (χ2n) is 5.11. The van der Waals surface area contributed by atoms with E-state index in [4.69, 9.17) is 33.7 Å². The summed E-state index contributed by atoms with van der Waals surface area (Å²) in [7, 11) is 0. The van der Waals surface area contributed by atoms with Crippen LogP contribution in [-0.2, 0) is 4.79 Å². The first kappa shape index (κ1) is 13.3. The van der Waals surface area contributed by atoms with E-state index in [1.165, 1.54) is 18.2 Å². The molecular formula is C18H14ClN3O3. The lowest BCUT2D eigenvalue weighted by Crippen LogP contribution is -2.45. The van der Waals surface area contributed by atoms with Gasteiger partial charge in [0.15, 0.2) is 5.60 Å². The number of nitrogens with zero attached hydrogens (tertiary/aromatic N) is 2. The zero-order chi connectivity index (χ0) is 21.9. The number of hydrogen-bond donors (Lipinski definition) is 2. The third kappa shape index (κ3) is 4.71. The number of halogens is 1. The molecule has 25 heavy (non-hydrogen) atoms. The minimum Gasteiger partial charge on any atom is -0.490 e. The first-order valence-corrected chi connectivity index (χ1v) is 7.25. The largest absolute Gasteiger partial charge is 0.490 e. The molecule has 1 atom stereocenters. The van der Waals surface area contributed by atoms with Gasteiger partial charge in [0.25, 0.3) is 5.91 Å². The van der Waals surface area contributed by atoms with E-state index >= 15 is 0 Å². The molecule has 2 N–H and O–H groups in total. The van der Waals surface area contributed by atoms with Crippen molar-refractivity contribution in [3.8, 4) is 11.8 Å². The number of benzene rings is 2. The molecule has 0 aliphatic heterocycles. The molecule has 0 aromatic heterocycles. The average molecular weight is 360 g/mol. The Kier molecular flexibility index (Phi) is 4.07. The molecule has 0 aliphatic rings. The van der Waals surface area contributed by atoms with Crippen molar-refractivity contribution in [2.75, 3.05) is 11.9 Å². The molecule has 0 heterocycles. The zero-order valence-corrected chi connectivity index (χ0v) is 13.7. The Morgan fingerprint density at radius 1 is 1.52 bits per heavy atom. The van der Waals surface area contributed by atoms with Gasteiger partial charge in [-0.3, -0.25) is 4.79 Å². The molecule has 7 heteroatoms. The summed E-state index contributed by atoms with van der Waals surface area (Å²) in [5.41, 5.74) is -2.11. The fourth-order valence-corrected chi connectivity index (χ4v) is 1.87. The molecule has 2 aromatic carbocycles. The molecule has 2 rings (SSSR count). The molecular weight excluding hydrogens is 342 g/mol. The van der Waals surface area contributed by atoms with Crippen molar-refractivity contribution in [2.45, 2.75) is 12.5 Å². The Morgan fingerprint density at radius 3 is 2.76 bits per heavy atom. The van der Waals surface area contributed by atoms with E-state index in [9.17, 15) is 9.90 Å². The second kappa shape index (κ2) is 7.67. The lowest BCUT2D eigenvalue weighted by atomic mass is 10.1. The van der Waals surface area contributed by atoms with Crippen LogP contribution in [0.15, 0.2) is 42.4 Å². The van der Waals surface area contributed by atoms with Gasteiger partial charge in [-0.1, -0.05) is 17.7 Å². The molecule has 0 fully saturated rings. The van der Waals surface area contributed by atoms with E-state index in [0.29, 0.717) is 0 Å². The van der Waals surface area contributed by atoms with Gasteiger partial charge >= 0.3 is 0 Å². The number of amides is 1. The number of anilines is 1. The third-order valence-electron chi connectivity index (χ3n) is 3.03. The van der Waals surface area contributed by atoms with Crippen LogP contribution in [-0.4, -0.2) is 23.2 Å². The molecule has 2 aromatic rings. The fourth-order valence-electron chi connectivity index (χ4n) is 1.65. The van der Waals surface area contributed by atoms with Crippen LogP contribution in [0.5, 0.6) is 5.75 Å². The lowest BCUT2D eigenvalue weighted by molar-refractivity contribution is -0.135. The van der Waals surface area contributed by atoms with Gasteiger partial charge in [-0.15, -0.1) is 0 Å². The summed E-state index contributed by atoms with van der Waals surface area (Å²) < 4.78 is 36.4. The van der Waals surface area contributed by atoms with E-state index in [1.54, 1.807) is 6.07 Å². The second-order valence-corrected chi connectivity index (χ2v) is 5.52. The zero-order valence-electron chi connectivity index (χ0n) is 17.0. The van der Waals surface area contributed by atoms with Crippen molar-refractivity contribution in [3.63, 3.8) is 0 Å². The van der Waals surface area contributed by atoms with E-state index in [-0.39, 0.29) is 16.4 Å².